The lowest BCUT2D eigenvalue weighted by molar-refractivity contribution is 0.0600. The van der Waals surface area contributed by atoms with E-state index in [4.69, 9.17) is 0 Å². The minimum atomic E-state index is -3.47. The Morgan fingerprint density at radius 3 is 2.04 bits per heavy atom. The number of nitrogens with one attached hydrogen (secondary N) is 1. The largest absolute Gasteiger partial charge is 0.465 e. The zero-order chi connectivity index (χ0) is 17.9. The molecular formula is C17H27NO4S. The SMILES string of the molecule is COC(=O)c1ccc(CS(=O)(=O)NC(C)(C)CC(C)(C)C)cc1. The summed E-state index contributed by atoms with van der Waals surface area (Å²) in [7, 11) is -2.16. The van der Waals surface area contributed by atoms with Crippen LogP contribution in [0.2, 0.25) is 0 Å². The molecule has 1 aromatic rings. The minimum Gasteiger partial charge on any atom is -0.465 e. The van der Waals surface area contributed by atoms with Crippen molar-refractivity contribution in [3.8, 4) is 0 Å². The maximum atomic E-state index is 12.4. The van der Waals surface area contributed by atoms with Crippen LogP contribution in [0.25, 0.3) is 0 Å². The third kappa shape index (κ3) is 7.14. The lowest BCUT2D eigenvalue weighted by atomic mass is 9.82. The quantitative estimate of drug-likeness (QED) is 0.807. The van der Waals surface area contributed by atoms with E-state index in [2.05, 4.69) is 30.2 Å². The van der Waals surface area contributed by atoms with Crippen LogP contribution in [-0.4, -0.2) is 27.0 Å². The molecular weight excluding hydrogens is 314 g/mol. The van der Waals surface area contributed by atoms with E-state index in [0.717, 1.165) is 6.42 Å². The van der Waals surface area contributed by atoms with E-state index in [9.17, 15) is 13.2 Å². The van der Waals surface area contributed by atoms with Crippen molar-refractivity contribution < 1.29 is 17.9 Å². The summed E-state index contributed by atoms with van der Waals surface area (Å²) in [5.74, 6) is -0.564. The van der Waals surface area contributed by atoms with Crippen molar-refractivity contribution in [3.05, 3.63) is 35.4 Å². The van der Waals surface area contributed by atoms with Crippen LogP contribution in [0.5, 0.6) is 0 Å². The summed E-state index contributed by atoms with van der Waals surface area (Å²) >= 11 is 0. The number of rotatable bonds is 6. The smallest absolute Gasteiger partial charge is 0.337 e. The van der Waals surface area contributed by atoms with E-state index in [1.54, 1.807) is 24.3 Å². The molecule has 23 heavy (non-hydrogen) atoms. The van der Waals surface area contributed by atoms with Gasteiger partial charge in [0.1, 0.15) is 0 Å². The number of hydrogen-bond donors (Lipinski definition) is 1. The van der Waals surface area contributed by atoms with Crippen molar-refractivity contribution in [1.82, 2.24) is 4.72 Å². The van der Waals surface area contributed by atoms with Crippen molar-refractivity contribution in [2.45, 2.75) is 52.3 Å². The molecule has 5 nitrogen and oxygen atoms in total. The third-order valence-corrected chi connectivity index (χ3v) is 4.71. The first-order valence-electron chi connectivity index (χ1n) is 7.52. The van der Waals surface area contributed by atoms with E-state index < -0.39 is 21.5 Å². The molecule has 0 aromatic heterocycles. The average Bonchev–Trinajstić information content (AvgIpc) is 2.33. The first kappa shape index (κ1) is 19.6. The van der Waals surface area contributed by atoms with Crippen LogP contribution < -0.4 is 4.72 Å². The molecule has 0 fully saturated rings. The predicted molar refractivity (Wildman–Crippen MR) is 91.7 cm³/mol. The Balaban J connectivity index is 2.81. The number of carbonyl (C=O) groups excluding carboxylic acids is 1. The van der Waals surface area contributed by atoms with Gasteiger partial charge in [-0.3, -0.25) is 0 Å². The highest BCUT2D eigenvalue weighted by Crippen LogP contribution is 2.27. The molecule has 1 rings (SSSR count). The first-order chi connectivity index (χ1) is 10.3. The molecule has 0 atom stereocenters. The van der Waals surface area contributed by atoms with Gasteiger partial charge in [0.05, 0.1) is 18.4 Å². The molecule has 0 amide bonds. The fourth-order valence-electron chi connectivity index (χ4n) is 2.89. The van der Waals surface area contributed by atoms with Gasteiger partial charge in [0.15, 0.2) is 0 Å². The van der Waals surface area contributed by atoms with Crippen LogP contribution in [0.1, 0.15) is 57.0 Å². The molecule has 0 unspecified atom stereocenters. The van der Waals surface area contributed by atoms with Gasteiger partial charge in [-0.25, -0.2) is 17.9 Å². The number of benzene rings is 1. The standard InChI is InChI=1S/C17H27NO4S/c1-16(2,3)12-17(4,5)18-23(20,21)11-13-7-9-14(10-8-13)15(19)22-6/h7-10,18H,11-12H2,1-6H3. The van der Waals surface area contributed by atoms with Gasteiger partial charge in [0, 0.05) is 5.54 Å². The molecule has 0 heterocycles. The maximum absolute atomic E-state index is 12.4. The Kier molecular flexibility index (Phi) is 5.99. The zero-order valence-corrected chi connectivity index (χ0v) is 15.6. The van der Waals surface area contributed by atoms with Gasteiger partial charge in [-0.2, -0.15) is 0 Å². The fraction of sp³-hybridized carbons (Fsp3) is 0.588. The molecule has 0 saturated heterocycles. The summed E-state index contributed by atoms with van der Waals surface area (Å²) in [5.41, 5.74) is 0.517. The summed E-state index contributed by atoms with van der Waals surface area (Å²) in [6.45, 7) is 10.0. The van der Waals surface area contributed by atoms with Crippen LogP contribution in [-0.2, 0) is 20.5 Å². The number of hydrogen-bond acceptors (Lipinski definition) is 4. The Labute approximate surface area is 139 Å². The molecule has 6 heteroatoms. The molecule has 130 valence electrons. The lowest BCUT2D eigenvalue weighted by Gasteiger charge is -2.33. The van der Waals surface area contributed by atoms with Crippen LogP contribution in [0.3, 0.4) is 0 Å². The molecule has 0 aliphatic rings. The molecule has 1 aromatic carbocycles. The second-order valence-electron chi connectivity index (χ2n) is 7.67. The molecule has 0 radical (unpaired) electrons. The van der Waals surface area contributed by atoms with Gasteiger partial charge in [0.2, 0.25) is 10.0 Å². The first-order valence-corrected chi connectivity index (χ1v) is 9.18. The summed E-state index contributed by atoms with van der Waals surface area (Å²) < 4.78 is 32.1. The Bertz CT molecular complexity index is 640. The fourth-order valence-corrected chi connectivity index (χ4v) is 4.51. The Morgan fingerprint density at radius 2 is 1.61 bits per heavy atom. The number of sulfonamides is 1. The normalized spacial score (nSPS) is 13.0. The average molecular weight is 341 g/mol. The van der Waals surface area contributed by atoms with Crippen LogP contribution >= 0.6 is 0 Å². The second-order valence-corrected chi connectivity index (χ2v) is 9.39. The second kappa shape index (κ2) is 7.01. The van der Waals surface area contributed by atoms with E-state index >= 15 is 0 Å². The van der Waals surface area contributed by atoms with E-state index in [-0.39, 0.29) is 11.2 Å². The molecule has 0 bridgehead atoms. The van der Waals surface area contributed by atoms with Gasteiger partial charge in [-0.05, 0) is 43.4 Å². The monoisotopic (exact) mass is 341 g/mol. The number of methoxy groups -OCH3 is 1. The highest BCUT2D eigenvalue weighted by atomic mass is 32.2. The highest BCUT2D eigenvalue weighted by molar-refractivity contribution is 7.88. The van der Waals surface area contributed by atoms with Crippen molar-refractivity contribution >= 4 is 16.0 Å². The number of carbonyl (C=O) groups is 1. The molecule has 0 aliphatic carbocycles. The summed E-state index contributed by atoms with van der Waals surface area (Å²) in [6, 6.07) is 6.39. The van der Waals surface area contributed by atoms with E-state index in [1.807, 2.05) is 13.8 Å². The van der Waals surface area contributed by atoms with Crippen LogP contribution in [0.4, 0.5) is 0 Å². The Hall–Kier alpha value is -1.40. The topological polar surface area (TPSA) is 72.5 Å². The maximum Gasteiger partial charge on any atom is 0.337 e. The van der Waals surface area contributed by atoms with Crippen LogP contribution in [0.15, 0.2) is 24.3 Å². The molecule has 0 spiro atoms. The van der Waals surface area contributed by atoms with Gasteiger partial charge < -0.3 is 4.74 Å². The van der Waals surface area contributed by atoms with Gasteiger partial charge in [-0.15, -0.1) is 0 Å². The predicted octanol–water partition coefficient (Wildman–Crippen LogP) is 3.11. The minimum absolute atomic E-state index is 0.0220. The zero-order valence-electron chi connectivity index (χ0n) is 14.8. The third-order valence-electron chi connectivity index (χ3n) is 3.14. The van der Waals surface area contributed by atoms with Crippen molar-refractivity contribution in [2.75, 3.05) is 7.11 Å². The lowest BCUT2D eigenvalue weighted by Crippen LogP contribution is -2.46. The Morgan fingerprint density at radius 1 is 1.09 bits per heavy atom. The van der Waals surface area contributed by atoms with Gasteiger partial charge in [-0.1, -0.05) is 32.9 Å². The van der Waals surface area contributed by atoms with E-state index in [0.29, 0.717) is 11.1 Å². The van der Waals surface area contributed by atoms with Gasteiger partial charge in [0.25, 0.3) is 0 Å². The van der Waals surface area contributed by atoms with Crippen molar-refractivity contribution in [3.63, 3.8) is 0 Å². The van der Waals surface area contributed by atoms with Crippen molar-refractivity contribution in [2.24, 2.45) is 5.41 Å². The summed E-state index contributed by atoms with van der Waals surface area (Å²) in [6.07, 6.45) is 0.723. The molecule has 0 aliphatic heterocycles. The molecule has 1 N–H and O–H groups in total. The van der Waals surface area contributed by atoms with E-state index in [1.165, 1.54) is 7.11 Å². The summed E-state index contributed by atoms with van der Waals surface area (Å²) in [5, 5.41) is 0. The van der Waals surface area contributed by atoms with Crippen molar-refractivity contribution in [1.29, 1.82) is 0 Å². The molecule has 0 saturated carbocycles. The number of esters is 1. The number of ether oxygens (including phenoxy) is 1. The summed E-state index contributed by atoms with van der Waals surface area (Å²) in [4.78, 5) is 11.4. The van der Waals surface area contributed by atoms with Crippen LogP contribution in [0, 0.1) is 5.41 Å². The highest BCUT2D eigenvalue weighted by Gasteiger charge is 2.29. The van der Waals surface area contributed by atoms with Gasteiger partial charge >= 0.3 is 5.97 Å².